The van der Waals surface area contributed by atoms with E-state index in [-0.39, 0.29) is 17.3 Å². The lowest BCUT2D eigenvalue weighted by atomic mass is 10.3. The highest BCUT2D eigenvalue weighted by Gasteiger charge is 2.26. The minimum atomic E-state index is -3.60. The van der Waals surface area contributed by atoms with E-state index in [0.29, 0.717) is 47.8 Å². The average Bonchev–Trinajstić information content (AvgIpc) is 3.30. The first-order valence-corrected chi connectivity index (χ1v) is 12.1. The van der Waals surface area contributed by atoms with Gasteiger partial charge in [0.25, 0.3) is 5.91 Å². The molecule has 9 nitrogen and oxygen atoms in total. The number of halogens is 2. The predicted molar refractivity (Wildman–Crippen MR) is 123 cm³/mol. The van der Waals surface area contributed by atoms with Crippen molar-refractivity contribution in [2.24, 2.45) is 0 Å². The van der Waals surface area contributed by atoms with Crippen LogP contribution in [0.3, 0.4) is 0 Å². The summed E-state index contributed by atoms with van der Waals surface area (Å²) in [4.78, 5) is 12.7. The minimum absolute atomic E-state index is 0.0292. The number of nitrogens with one attached hydrogen (secondary N) is 1. The van der Waals surface area contributed by atoms with Gasteiger partial charge in [-0.3, -0.25) is 4.79 Å². The average molecular weight is 511 g/mol. The third kappa shape index (κ3) is 5.48. The van der Waals surface area contributed by atoms with E-state index in [4.69, 9.17) is 32.7 Å². The monoisotopic (exact) mass is 510 g/mol. The lowest BCUT2D eigenvalue weighted by Gasteiger charge is -2.26. The summed E-state index contributed by atoms with van der Waals surface area (Å²) in [6.07, 6.45) is 1.59. The van der Waals surface area contributed by atoms with Crippen LogP contribution in [0.1, 0.15) is 10.5 Å². The van der Waals surface area contributed by atoms with Crippen molar-refractivity contribution in [2.45, 2.75) is 11.6 Å². The van der Waals surface area contributed by atoms with Crippen LogP contribution in [0.2, 0.25) is 10.0 Å². The number of ether oxygens (including phenoxy) is 2. The zero-order valence-electron chi connectivity index (χ0n) is 17.3. The van der Waals surface area contributed by atoms with Crippen molar-refractivity contribution in [3.05, 3.63) is 70.5 Å². The van der Waals surface area contributed by atoms with Crippen LogP contribution in [-0.4, -0.2) is 54.7 Å². The molecule has 0 saturated carbocycles. The molecule has 1 fully saturated rings. The van der Waals surface area contributed by atoms with Crippen molar-refractivity contribution in [2.75, 3.05) is 31.6 Å². The number of anilines is 1. The van der Waals surface area contributed by atoms with Gasteiger partial charge >= 0.3 is 0 Å². The summed E-state index contributed by atoms with van der Waals surface area (Å²) >= 11 is 12.1. The number of hydrogen-bond donors (Lipinski definition) is 1. The van der Waals surface area contributed by atoms with E-state index in [1.165, 1.54) is 39.3 Å². The van der Waals surface area contributed by atoms with Crippen molar-refractivity contribution in [3.63, 3.8) is 0 Å². The van der Waals surface area contributed by atoms with Gasteiger partial charge in [0, 0.05) is 25.0 Å². The molecule has 0 bridgehead atoms. The topological polar surface area (TPSA) is 103 Å². The van der Waals surface area contributed by atoms with Gasteiger partial charge in [0.2, 0.25) is 10.0 Å². The molecular formula is C21H20Cl2N4O5S. The zero-order valence-corrected chi connectivity index (χ0v) is 19.6. The molecule has 174 valence electrons. The highest BCUT2D eigenvalue weighted by Crippen LogP contribution is 2.31. The maximum atomic E-state index is 12.7. The summed E-state index contributed by atoms with van der Waals surface area (Å²) in [5, 5.41) is 7.55. The summed E-state index contributed by atoms with van der Waals surface area (Å²) in [5.41, 5.74) is 0.609. The van der Waals surface area contributed by atoms with Crippen LogP contribution in [0.15, 0.2) is 59.6 Å². The number of carbonyl (C=O) groups is 1. The second-order valence-electron chi connectivity index (χ2n) is 7.06. The number of rotatable bonds is 7. The first-order valence-electron chi connectivity index (χ1n) is 9.94. The van der Waals surface area contributed by atoms with E-state index >= 15 is 0 Å². The molecule has 4 rings (SSSR count). The van der Waals surface area contributed by atoms with Gasteiger partial charge in [0.15, 0.2) is 12.4 Å². The molecule has 12 heteroatoms. The fraction of sp³-hybridized carbons (Fsp3) is 0.238. The van der Waals surface area contributed by atoms with Crippen molar-refractivity contribution in [1.29, 1.82) is 0 Å². The predicted octanol–water partition coefficient (Wildman–Crippen LogP) is 3.50. The van der Waals surface area contributed by atoms with E-state index < -0.39 is 15.9 Å². The highest BCUT2D eigenvalue weighted by molar-refractivity contribution is 7.89. The van der Waals surface area contributed by atoms with E-state index in [1.807, 2.05) is 0 Å². The summed E-state index contributed by atoms with van der Waals surface area (Å²) in [5.74, 6) is -0.0453. The second kappa shape index (κ2) is 10.1. The molecule has 0 spiro atoms. The third-order valence-electron chi connectivity index (χ3n) is 4.86. The highest BCUT2D eigenvalue weighted by atomic mass is 35.5. The standard InChI is InChI=1S/C21H20Cl2N4O5S/c22-17-2-1-3-19(20(17)23)32-14-26-9-8-18(25-26)21(28)24-15-4-6-16(7-5-15)33(29,30)27-10-12-31-13-11-27/h1-9H,10-14H2,(H,24,28). The van der Waals surface area contributed by atoms with Gasteiger partial charge < -0.3 is 14.8 Å². The summed E-state index contributed by atoms with van der Waals surface area (Å²) in [6.45, 7) is 1.41. The lowest BCUT2D eigenvalue weighted by Crippen LogP contribution is -2.40. The Labute approximate surface area is 200 Å². The molecule has 1 aliphatic rings. The van der Waals surface area contributed by atoms with Crippen LogP contribution in [0, 0.1) is 0 Å². The first kappa shape index (κ1) is 23.5. The summed E-state index contributed by atoms with van der Waals surface area (Å²) in [6, 6.07) is 12.6. The maximum Gasteiger partial charge on any atom is 0.276 e. The number of sulfonamides is 1. The van der Waals surface area contributed by atoms with E-state index in [0.717, 1.165) is 0 Å². The van der Waals surface area contributed by atoms with Crippen LogP contribution < -0.4 is 10.1 Å². The molecule has 2 aromatic carbocycles. The minimum Gasteiger partial charge on any atom is -0.470 e. The SMILES string of the molecule is O=C(Nc1ccc(S(=O)(=O)N2CCOCC2)cc1)c1ccn(COc2cccc(Cl)c2Cl)n1. The van der Waals surface area contributed by atoms with Gasteiger partial charge in [-0.25, -0.2) is 13.1 Å². The Morgan fingerprint density at radius 1 is 1.09 bits per heavy atom. The van der Waals surface area contributed by atoms with Crippen molar-refractivity contribution in [3.8, 4) is 5.75 Å². The second-order valence-corrected chi connectivity index (χ2v) is 9.78. The fourth-order valence-electron chi connectivity index (χ4n) is 3.13. The summed E-state index contributed by atoms with van der Waals surface area (Å²) < 4.78 is 39.0. The van der Waals surface area contributed by atoms with Gasteiger partial charge in [-0.2, -0.15) is 9.40 Å². The van der Waals surface area contributed by atoms with E-state index in [9.17, 15) is 13.2 Å². The number of morpholine rings is 1. The third-order valence-corrected chi connectivity index (χ3v) is 7.58. The van der Waals surface area contributed by atoms with Gasteiger partial charge in [0.05, 0.1) is 23.1 Å². The number of amides is 1. The number of aromatic nitrogens is 2. The molecule has 0 atom stereocenters. The van der Waals surface area contributed by atoms with Gasteiger partial charge in [-0.1, -0.05) is 29.3 Å². The van der Waals surface area contributed by atoms with Gasteiger partial charge in [-0.05, 0) is 42.5 Å². The number of benzene rings is 2. The molecule has 0 radical (unpaired) electrons. The molecule has 1 aliphatic heterocycles. The Bertz CT molecular complexity index is 1240. The fourth-order valence-corrected chi connectivity index (χ4v) is 4.88. The maximum absolute atomic E-state index is 12.7. The van der Waals surface area contributed by atoms with Crippen molar-refractivity contribution < 1.29 is 22.7 Å². The van der Waals surface area contributed by atoms with Gasteiger partial charge in [0.1, 0.15) is 10.8 Å². The summed E-state index contributed by atoms with van der Waals surface area (Å²) in [7, 11) is -3.60. The Morgan fingerprint density at radius 3 is 2.55 bits per heavy atom. The smallest absolute Gasteiger partial charge is 0.276 e. The molecule has 0 aliphatic carbocycles. The lowest BCUT2D eigenvalue weighted by molar-refractivity contribution is 0.0730. The van der Waals surface area contributed by atoms with Crippen LogP contribution in [0.5, 0.6) is 5.75 Å². The molecule has 1 saturated heterocycles. The van der Waals surface area contributed by atoms with Crippen molar-refractivity contribution in [1.82, 2.24) is 14.1 Å². The first-order chi connectivity index (χ1) is 15.8. The van der Waals surface area contributed by atoms with E-state index in [2.05, 4.69) is 10.4 Å². The van der Waals surface area contributed by atoms with Crippen LogP contribution in [0.4, 0.5) is 5.69 Å². The largest absolute Gasteiger partial charge is 0.470 e. The molecule has 33 heavy (non-hydrogen) atoms. The molecule has 0 unspecified atom stereocenters. The van der Waals surface area contributed by atoms with Crippen LogP contribution >= 0.6 is 23.2 Å². The molecule has 1 N–H and O–H groups in total. The quantitative estimate of drug-likeness (QED) is 0.521. The molecular weight excluding hydrogens is 491 g/mol. The van der Waals surface area contributed by atoms with Crippen LogP contribution in [-0.2, 0) is 21.5 Å². The molecule has 1 amide bonds. The normalized spacial score (nSPS) is 14.7. The number of carbonyl (C=O) groups excluding carboxylic acids is 1. The van der Waals surface area contributed by atoms with E-state index in [1.54, 1.807) is 24.4 Å². The van der Waals surface area contributed by atoms with Gasteiger partial charge in [-0.15, -0.1) is 0 Å². The van der Waals surface area contributed by atoms with Crippen molar-refractivity contribution >= 4 is 44.8 Å². The Morgan fingerprint density at radius 2 is 1.82 bits per heavy atom. The Hall–Kier alpha value is -2.63. The zero-order chi connectivity index (χ0) is 23.4. The van der Waals surface area contributed by atoms with Crippen LogP contribution in [0.25, 0.3) is 0 Å². The molecule has 3 aromatic rings. The molecule has 2 heterocycles. The number of nitrogens with zero attached hydrogens (tertiary/aromatic N) is 3. The Balaban J connectivity index is 1.36. The Kier molecular flexibility index (Phi) is 7.20. The number of hydrogen-bond acceptors (Lipinski definition) is 6. The molecule has 1 aromatic heterocycles.